The topological polar surface area (TPSA) is 95.7 Å². The molecule has 7 nitrogen and oxygen atoms in total. The molecule has 0 aliphatic heterocycles. The standard InChI is InChI=1S/C12H8BrF3N6OS/c13-7-3-1-6(2-4-7)9-19-18-8(23-9)5-24-11-21-20-10(22(11)17)12(14,15)16/h1-4H,5,17H2. The van der Waals surface area contributed by atoms with E-state index in [2.05, 4.69) is 36.3 Å². The Morgan fingerprint density at radius 3 is 2.46 bits per heavy atom. The Hall–Kier alpha value is -2.08. The molecule has 1 aromatic carbocycles. The van der Waals surface area contributed by atoms with Crippen molar-refractivity contribution in [2.24, 2.45) is 0 Å². The number of thioether (sulfide) groups is 1. The minimum absolute atomic E-state index is 0.106. The lowest BCUT2D eigenvalue weighted by Gasteiger charge is -2.05. The predicted octanol–water partition coefficient (Wildman–Crippen LogP) is 3.12. The van der Waals surface area contributed by atoms with Gasteiger partial charge in [0.1, 0.15) is 0 Å². The second kappa shape index (κ2) is 6.43. The van der Waals surface area contributed by atoms with Crippen LogP contribution in [0.2, 0.25) is 0 Å². The van der Waals surface area contributed by atoms with Crippen molar-refractivity contribution in [3.05, 3.63) is 40.5 Å². The summed E-state index contributed by atoms with van der Waals surface area (Å²) in [6.07, 6.45) is -4.67. The van der Waals surface area contributed by atoms with Crippen molar-refractivity contribution in [1.29, 1.82) is 0 Å². The normalized spacial score (nSPS) is 11.8. The van der Waals surface area contributed by atoms with Crippen LogP contribution in [0.1, 0.15) is 11.7 Å². The monoisotopic (exact) mass is 420 g/mol. The lowest BCUT2D eigenvalue weighted by molar-refractivity contribution is -0.146. The Kier molecular flexibility index (Phi) is 4.49. The van der Waals surface area contributed by atoms with Crippen LogP contribution in [0.25, 0.3) is 11.5 Å². The highest BCUT2D eigenvalue weighted by atomic mass is 79.9. The van der Waals surface area contributed by atoms with E-state index in [9.17, 15) is 13.2 Å². The maximum Gasteiger partial charge on any atom is 0.453 e. The number of alkyl halides is 3. The van der Waals surface area contributed by atoms with Crippen LogP contribution in [0.15, 0.2) is 38.3 Å². The summed E-state index contributed by atoms with van der Waals surface area (Å²) >= 11 is 4.23. The van der Waals surface area contributed by atoms with Crippen molar-refractivity contribution in [2.75, 3.05) is 5.84 Å². The van der Waals surface area contributed by atoms with Gasteiger partial charge in [0.15, 0.2) is 0 Å². The van der Waals surface area contributed by atoms with Crippen LogP contribution in [0.3, 0.4) is 0 Å². The van der Waals surface area contributed by atoms with Gasteiger partial charge in [0.2, 0.25) is 16.9 Å². The van der Waals surface area contributed by atoms with Gasteiger partial charge < -0.3 is 10.3 Å². The molecule has 0 amide bonds. The lowest BCUT2D eigenvalue weighted by atomic mass is 10.2. The van der Waals surface area contributed by atoms with Crippen LogP contribution in [0.5, 0.6) is 0 Å². The summed E-state index contributed by atoms with van der Waals surface area (Å²) in [5, 5.41) is 14.1. The molecule has 0 saturated heterocycles. The number of hydrogen-bond donors (Lipinski definition) is 1. The van der Waals surface area contributed by atoms with E-state index in [1.807, 2.05) is 12.1 Å². The molecular weight excluding hydrogens is 413 g/mol. The summed E-state index contributed by atoms with van der Waals surface area (Å²) in [4.78, 5) is 0. The number of hydrogen-bond acceptors (Lipinski definition) is 7. The summed E-state index contributed by atoms with van der Waals surface area (Å²) in [6, 6.07) is 7.23. The second-order valence-electron chi connectivity index (χ2n) is 4.47. The summed E-state index contributed by atoms with van der Waals surface area (Å²) in [5.74, 6) is 4.72. The molecule has 0 atom stereocenters. The summed E-state index contributed by atoms with van der Waals surface area (Å²) in [6.45, 7) is 0. The van der Waals surface area contributed by atoms with E-state index in [0.29, 0.717) is 10.6 Å². The van der Waals surface area contributed by atoms with Crippen molar-refractivity contribution in [3.8, 4) is 11.5 Å². The molecule has 24 heavy (non-hydrogen) atoms. The smallest absolute Gasteiger partial charge is 0.420 e. The molecule has 0 spiro atoms. The molecule has 3 rings (SSSR count). The molecule has 0 radical (unpaired) electrons. The fraction of sp³-hybridized carbons (Fsp3) is 0.167. The van der Waals surface area contributed by atoms with Gasteiger partial charge in [-0.2, -0.15) is 13.2 Å². The van der Waals surface area contributed by atoms with Gasteiger partial charge in [-0.3, -0.25) is 0 Å². The molecule has 2 N–H and O–H groups in total. The molecule has 12 heteroatoms. The zero-order valence-electron chi connectivity index (χ0n) is 11.7. The highest BCUT2D eigenvalue weighted by Crippen LogP contribution is 2.30. The van der Waals surface area contributed by atoms with E-state index in [-0.39, 0.29) is 16.8 Å². The maximum atomic E-state index is 12.6. The zero-order chi connectivity index (χ0) is 17.3. The molecule has 0 aliphatic rings. The van der Waals surface area contributed by atoms with Gasteiger partial charge in [0, 0.05) is 10.0 Å². The number of benzene rings is 1. The van der Waals surface area contributed by atoms with Gasteiger partial charge in [-0.05, 0) is 24.3 Å². The minimum Gasteiger partial charge on any atom is -0.420 e. The largest absolute Gasteiger partial charge is 0.453 e. The first-order valence-electron chi connectivity index (χ1n) is 6.33. The van der Waals surface area contributed by atoms with E-state index in [1.54, 1.807) is 12.1 Å². The van der Waals surface area contributed by atoms with Gasteiger partial charge in [-0.1, -0.05) is 27.7 Å². The number of aromatic nitrogens is 5. The van der Waals surface area contributed by atoms with E-state index in [1.165, 1.54) is 0 Å². The van der Waals surface area contributed by atoms with Crippen molar-refractivity contribution in [2.45, 2.75) is 17.1 Å². The van der Waals surface area contributed by atoms with Crippen molar-refractivity contribution in [3.63, 3.8) is 0 Å². The Morgan fingerprint density at radius 2 is 1.83 bits per heavy atom. The number of nitrogens with zero attached hydrogens (tertiary/aromatic N) is 5. The van der Waals surface area contributed by atoms with Crippen LogP contribution >= 0.6 is 27.7 Å². The minimum atomic E-state index is -4.67. The van der Waals surface area contributed by atoms with E-state index in [4.69, 9.17) is 10.3 Å². The third kappa shape index (κ3) is 3.53. The summed E-state index contributed by atoms with van der Waals surface area (Å²) in [5.41, 5.74) is 0.725. The first kappa shape index (κ1) is 16.8. The predicted molar refractivity (Wildman–Crippen MR) is 82.2 cm³/mol. The van der Waals surface area contributed by atoms with Crippen LogP contribution in [-0.4, -0.2) is 25.1 Å². The third-order valence-corrected chi connectivity index (χ3v) is 4.26. The average Bonchev–Trinajstić information content (AvgIpc) is 3.12. The molecular formula is C12H8BrF3N6OS. The van der Waals surface area contributed by atoms with Gasteiger partial charge in [0.25, 0.3) is 5.82 Å². The molecule has 126 valence electrons. The van der Waals surface area contributed by atoms with E-state index >= 15 is 0 Å². The highest BCUT2D eigenvalue weighted by Gasteiger charge is 2.38. The molecule has 0 aliphatic carbocycles. The lowest BCUT2D eigenvalue weighted by Crippen LogP contribution is -2.21. The Balaban J connectivity index is 1.70. The first-order chi connectivity index (χ1) is 11.3. The molecule has 3 aromatic rings. The van der Waals surface area contributed by atoms with Crippen LogP contribution < -0.4 is 5.84 Å². The number of nitrogens with two attached hydrogens (primary N) is 1. The molecule has 0 bridgehead atoms. The number of rotatable bonds is 4. The number of nitrogen functional groups attached to an aromatic ring is 1. The molecule has 0 fully saturated rings. The molecule has 0 saturated carbocycles. The quantitative estimate of drug-likeness (QED) is 0.511. The fourth-order valence-electron chi connectivity index (χ4n) is 1.72. The van der Waals surface area contributed by atoms with E-state index in [0.717, 1.165) is 21.8 Å². The SMILES string of the molecule is Nn1c(SCc2nnc(-c3ccc(Br)cc3)o2)nnc1C(F)(F)F. The van der Waals surface area contributed by atoms with Crippen LogP contribution in [0.4, 0.5) is 13.2 Å². The van der Waals surface area contributed by atoms with Gasteiger partial charge in [-0.25, -0.2) is 4.68 Å². The zero-order valence-corrected chi connectivity index (χ0v) is 14.1. The van der Waals surface area contributed by atoms with Crippen molar-refractivity contribution >= 4 is 27.7 Å². The fourth-order valence-corrected chi connectivity index (χ4v) is 2.67. The highest BCUT2D eigenvalue weighted by molar-refractivity contribution is 9.10. The molecule has 2 heterocycles. The van der Waals surface area contributed by atoms with Crippen molar-refractivity contribution in [1.82, 2.24) is 25.1 Å². The van der Waals surface area contributed by atoms with Gasteiger partial charge in [0.05, 0.1) is 5.75 Å². The molecule has 0 unspecified atom stereocenters. The Morgan fingerprint density at radius 1 is 1.12 bits per heavy atom. The molecule has 2 aromatic heterocycles. The number of halogens is 4. The summed E-state index contributed by atoms with van der Waals surface area (Å²) < 4.78 is 44.5. The van der Waals surface area contributed by atoms with Crippen molar-refractivity contribution < 1.29 is 17.6 Å². The summed E-state index contributed by atoms with van der Waals surface area (Å²) in [7, 11) is 0. The van der Waals surface area contributed by atoms with Gasteiger partial charge >= 0.3 is 6.18 Å². The average molecular weight is 421 g/mol. The van der Waals surface area contributed by atoms with E-state index < -0.39 is 12.0 Å². The third-order valence-electron chi connectivity index (χ3n) is 2.80. The Bertz CT molecular complexity index is 847. The first-order valence-corrected chi connectivity index (χ1v) is 8.11. The Labute approximate surface area is 145 Å². The van der Waals surface area contributed by atoms with Crippen LogP contribution in [0, 0.1) is 0 Å². The van der Waals surface area contributed by atoms with Gasteiger partial charge in [-0.15, -0.1) is 20.4 Å². The second-order valence-corrected chi connectivity index (χ2v) is 6.33. The van der Waals surface area contributed by atoms with Crippen LogP contribution in [-0.2, 0) is 11.9 Å². The maximum absolute atomic E-state index is 12.6.